The van der Waals surface area contributed by atoms with Crippen molar-refractivity contribution in [3.8, 4) is 0 Å². The van der Waals surface area contributed by atoms with E-state index in [4.69, 9.17) is 0 Å². The Balaban J connectivity index is 1.86. The van der Waals surface area contributed by atoms with Gasteiger partial charge in [0.2, 0.25) is 0 Å². The van der Waals surface area contributed by atoms with Crippen LogP contribution < -0.4 is 5.32 Å². The largest absolute Gasteiger partial charge is 0.311 e. The zero-order chi connectivity index (χ0) is 13.9. The molecule has 0 radical (unpaired) electrons. The van der Waals surface area contributed by atoms with Crippen molar-refractivity contribution in [3.05, 3.63) is 0 Å². The first-order chi connectivity index (χ1) is 8.94. The smallest absolute Gasteiger partial charge is 0.150 e. The molecule has 0 aromatic heterocycles. The second-order valence-corrected chi connectivity index (χ2v) is 9.13. The first-order valence-electron chi connectivity index (χ1n) is 7.89. The lowest BCUT2D eigenvalue weighted by Crippen LogP contribution is -2.52. The van der Waals surface area contributed by atoms with E-state index in [9.17, 15) is 8.42 Å². The second kappa shape index (κ2) is 6.13. The van der Waals surface area contributed by atoms with Crippen molar-refractivity contribution in [2.24, 2.45) is 11.8 Å². The molecule has 0 saturated carbocycles. The van der Waals surface area contributed by atoms with E-state index in [1.165, 1.54) is 32.1 Å². The zero-order valence-electron chi connectivity index (χ0n) is 12.5. The van der Waals surface area contributed by atoms with Gasteiger partial charge in [0.1, 0.15) is 9.84 Å². The van der Waals surface area contributed by atoms with E-state index in [0.717, 1.165) is 19.4 Å². The molecule has 1 N–H and O–H groups in total. The number of rotatable bonds is 4. The van der Waals surface area contributed by atoms with Gasteiger partial charge in [-0.1, -0.05) is 20.3 Å². The number of sulfone groups is 1. The Kier molecular flexibility index (Phi) is 4.93. The maximum atomic E-state index is 11.5. The van der Waals surface area contributed by atoms with Gasteiger partial charge >= 0.3 is 0 Å². The summed E-state index contributed by atoms with van der Waals surface area (Å²) in [5.74, 6) is 2.13. The van der Waals surface area contributed by atoms with Crippen LogP contribution in [0.15, 0.2) is 0 Å². The lowest BCUT2D eigenvalue weighted by atomic mass is 9.74. The summed E-state index contributed by atoms with van der Waals surface area (Å²) in [4.78, 5) is 0. The number of hydrogen-bond acceptors (Lipinski definition) is 3. The molecule has 1 atom stereocenters. The highest BCUT2D eigenvalue weighted by molar-refractivity contribution is 7.91. The van der Waals surface area contributed by atoms with Crippen LogP contribution >= 0.6 is 0 Å². The van der Waals surface area contributed by atoms with E-state index in [1.54, 1.807) is 0 Å². The SMILES string of the molecule is CC(C)C1(CCC2CCS(=O)(=O)CC2)CCCCN1. The van der Waals surface area contributed by atoms with Crippen LogP contribution in [0.5, 0.6) is 0 Å². The molecule has 19 heavy (non-hydrogen) atoms. The minimum Gasteiger partial charge on any atom is -0.311 e. The summed E-state index contributed by atoms with van der Waals surface area (Å²) in [6, 6.07) is 0. The molecule has 4 heteroatoms. The highest BCUT2D eigenvalue weighted by atomic mass is 32.2. The van der Waals surface area contributed by atoms with Crippen LogP contribution in [0.25, 0.3) is 0 Å². The molecule has 2 rings (SSSR count). The Hall–Kier alpha value is -0.0900. The quantitative estimate of drug-likeness (QED) is 0.865. The van der Waals surface area contributed by atoms with Crippen LogP contribution in [0.2, 0.25) is 0 Å². The van der Waals surface area contributed by atoms with Crippen molar-refractivity contribution in [2.75, 3.05) is 18.1 Å². The predicted octanol–water partition coefficient (Wildman–Crippen LogP) is 2.76. The maximum absolute atomic E-state index is 11.5. The standard InChI is InChI=1S/C15H29NO2S/c1-13(2)15(8-3-4-10-16-15)9-5-14-6-11-19(17,18)12-7-14/h13-14,16H,3-12H2,1-2H3. The monoisotopic (exact) mass is 287 g/mol. The van der Waals surface area contributed by atoms with Gasteiger partial charge in [-0.2, -0.15) is 0 Å². The van der Waals surface area contributed by atoms with Gasteiger partial charge < -0.3 is 5.32 Å². The Morgan fingerprint density at radius 2 is 1.89 bits per heavy atom. The van der Waals surface area contributed by atoms with Crippen LogP contribution in [-0.2, 0) is 9.84 Å². The molecule has 0 aromatic carbocycles. The highest BCUT2D eigenvalue weighted by Gasteiger charge is 2.35. The van der Waals surface area contributed by atoms with Gasteiger partial charge in [-0.3, -0.25) is 0 Å². The van der Waals surface area contributed by atoms with Gasteiger partial charge in [0.15, 0.2) is 0 Å². The molecule has 2 aliphatic rings. The third-order valence-electron chi connectivity index (χ3n) is 5.30. The van der Waals surface area contributed by atoms with Crippen LogP contribution in [0, 0.1) is 11.8 Å². The molecule has 0 spiro atoms. The zero-order valence-corrected chi connectivity index (χ0v) is 13.3. The molecule has 0 aromatic rings. The van der Waals surface area contributed by atoms with Crippen molar-refractivity contribution in [1.82, 2.24) is 5.32 Å². The van der Waals surface area contributed by atoms with Crippen molar-refractivity contribution in [2.45, 2.75) is 64.3 Å². The molecular formula is C15H29NO2S. The third-order valence-corrected chi connectivity index (χ3v) is 7.02. The normalized spacial score (nSPS) is 32.6. The summed E-state index contributed by atoms with van der Waals surface area (Å²) in [7, 11) is -2.71. The molecule has 2 aliphatic heterocycles. The molecular weight excluding hydrogens is 258 g/mol. The fraction of sp³-hybridized carbons (Fsp3) is 1.00. The molecule has 2 heterocycles. The lowest BCUT2D eigenvalue weighted by molar-refractivity contribution is 0.156. The van der Waals surface area contributed by atoms with Crippen molar-refractivity contribution in [1.29, 1.82) is 0 Å². The number of hydrogen-bond donors (Lipinski definition) is 1. The first kappa shape index (κ1) is 15.3. The minimum atomic E-state index is -2.71. The number of nitrogens with one attached hydrogen (secondary N) is 1. The van der Waals surface area contributed by atoms with E-state index in [0.29, 0.717) is 28.9 Å². The molecule has 0 amide bonds. The summed E-state index contributed by atoms with van der Waals surface area (Å²) in [5, 5.41) is 3.77. The van der Waals surface area contributed by atoms with Crippen LogP contribution in [0.4, 0.5) is 0 Å². The summed E-state index contributed by atoms with van der Waals surface area (Å²) in [6.07, 6.45) is 8.11. The van der Waals surface area contributed by atoms with Crippen molar-refractivity contribution < 1.29 is 8.42 Å². The highest BCUT2D eigenvalue weighted by Crippen LogP contribution is 2.34. The van der Waals surface area contributed by atoms with Crippen LogP contribution in [0.1, 0.15) is 58.8 Å². The van der Waals surface area contributed by atoms with E-state index < -0.39 is 9.84 Å². The number of piperidine rings is 1. The second-order valence-electron chi connectivity index (χ2n) is 6.83. The van der Waals surface area contributed by atoms with E-state index in [1.807, 2.05) is 0 Å². The van der Waals surface area contributed by atoms with E-state index in [2.05, 4.69) is 19.2 Å². The molecule has 112 valence electrons. The molecule has 3 nitrogen and oxygen atoms in total. The molecule has 2 saturated heterocycles. The van der Waals surface area contributed by atoms with Gasteiger partial charge in [0.05, 0.1) is 11.5 Å². The third kappa shape index (κ3) is 3.94. The Labute approximate surface area is 118 Å². The summed E-state index contributed by atoms with van der Waals surface area (Å²) < 4.78 is 22.9. The fourth-order valence-corrected chi connectivity index (χ4v) is 5.26. The molecule has 2 fully saturated rings. The van der Waals surface area contributed by atoms with Gasteiger partial charge in [-0.25, -0.2) is 8.42 Å². The average Bonchev–Trinajstić information content (AvgIpc) is 2.38. The summed E-state index contributed by atoms with van der Waals surface area (Å²) >= 11 is 0. The molecule has 1 unspecified atom stereocenters. The van der Waals surface area contributed by atoms with Gasteiger partial charge in [-0.05, 0) is 56.9 Å². The first-order valence-corrected chi connectivity index (χ1v) is 9.71. The van der Waals surface area contributed by atoms with Crippen LogP contribution in [-0.4, -0.2) is 32.0 Å². The van der Waals surface area contributed by atoms with Gasteiger partial charge in [0, 0.05) is 5.54 Å². The summed E-state index contributed by atoms with van der Waals surface area (Å²) in [5.41, 5.74) is 0.314. The lowest BCUT2D eigenvalue weighted by Gasteiger charge is -2.43. The van der Waals surface area contributed by atoms with Crippen LogP contribution in [0.3, 0.4) is 0 Å². The van der Waals surface area contributed by atoms with E-state index in [-0.39, 0.29) is 0 Å². The Morgan fingerprint density at radius 1 is 1.21 bits per heavy atom. The van der Waals surface area contributed by atoms with Crippen molar-refractivity contribution >= 4 is 9.84 Å². The molecule has 0 bridgehead atoms. The summed E-state index contributed by atoms with van der Waals surface area (Å²) in [6.45, 7) is 5.80. The Bertz CT molecular complexity index is 369. The maximum Gasteiger partial charge on any atom is 0.150 e. The Morgan fingerprint density at radius 3 is 2.42 bits per heavy atom. The van der Waals surface area contributed by atoms with Gasteiger partial charge in [-0.15, -0.1) is 0 Å². The van der Waals surface area contributed by atoms with E-state index >= 15 is 0 Å². The van der Waals surface area contributed by atoms with Crippen molar-refractivity contribution in [3.63, 3.8) is 0 Å². The molecule has 0 aliphatic carbocycles. The fourth-order valence-electron chi connectivity index (χ4n) is 3.68. The predicted molar refractivity (Wildman–Crippen MR) is 80.0 cm³/mol. The average molecular weight is 287 g/mol. The minimum absolute atomic E-state index is 0.314. The van der Waals surface area contributed by atoms with Gasteiger partial charge in [0.25, 0.3) is 0 Å². The topological polar surface area (TPSA) is 46.2 Å².